The number of nitrogens with one attached hydrogen (secondary N) is 1. The SMILES string of the molecule is O=C(N/N=C\c1ccccc1OCc1ccc(Cl)cc1Cl)c1cc([N+](=O)[O-])ccc1O. The van der Waals surface area contributed by atoms with E-state index in [9.17, 15) is 20.0 Å². The summed E-state index contributed by atoms with van der Waals surface area (Å²) in [6, 6.07) is 15.2. The Kier molecular flexibility index (Phi) is 7.07. The topological polar surface area (TPSA) is 114 Å². The van der Waals surface area contributed by atoms with Crippen molar-refractivity contribution in [2.45, 2.75) is 6.61 Å². The number of hydrogen-bond donors (Lipinski definition) is 2. The Morgan fingerprint density at radius 3 is 2.68 bits per heavy atom. The molecule has 0 unspecified atom stereocenters. The summed E-state index contributed by atoms with van der Waals surface area (Å²) < 4.78 is 5.80. The van der Waals surface area contributed by atoms with Gasteiger partial charge in [-0.15, -0.1) is 0 Å². The molecule has 3 rings (SSSR count). The fraction of sp³-hybridized carbons (Fsp3) is 0.0476. The van der Waals surface area contributed by atoms with Crippen LogP contribution in [-0.4, -0.2) is 22.2 Å². The zero-order valence-corrected chi connectivity index (χ0v) is 17.3. The fourth-order valence-electron chi connectivity index (χ4n) is 2.55. The molecule has 0 aromatic heterocycles. The summed E-state index contributed by atoms with van der Waals surface area (Å²) in [5, 5.41) is 25.5. The molecule has 0 atom stereocenters. The summed E-state index contributed by atoms with van der Waals surface area (Å²) in [5.74, 6) is -0.713. The van der Waals surface area contributed by atoms with Crippen LogP contribution in [0, 0.1) is 10.1 Å². The summed E-state index contributed by atoms with van der Waals surface area (Å²) in [4.78, 5) is 22.4. The van der Waals surface area contributed by atoms with Crippen LogP contribution in [0.25, 0.3) is 0 Å². The van der Waals surface area contributed by atoms with E-state index in [0.717, 1.165) is 23.8 Å². The van der Waals surface area contributed by atoms with E-state index >= 15 is 0 Å². The van der Waals surface area contributed by atoms with Gasteiger partial charge in [0, 0.05) is 33.3 Å². The van der Waals surface area contributed by atoms with E-state index in [-0.39, 0.29) is 17.9 Å². The molecule has 0 bridgehead atoms. The minimum Gasteiger partial charge on any atom is -0.507 e. The Bertz CT molecular complexity index is 1170. The first kappa shape index (κ1) is 22.1. The molecule has 0 aliphatic carbocycles. The predicted molar refractivity (Wildman–Crippen MR) is 117 cm³/mol. The maximum atomic E-state index is 12.2. The van der Waals surface area contributed by atoms with Crippen molar-refractivity contribution >= 4 is 41.0 Å². The highest BCUT2D eigenvalue weighted by molar-refractivity contribution is 6.35. The monoisotopic (exact) mass is 459 g/mol. The lowest BCUT2D eigenvalue weighted by atomic mass is 10.1. The average Bonchev–Trinajstić information content (AvgIpc) is 2.74. The van der Waals surface area contributed by atoms with Crippen molar-refractivity contribution in [1.29, 1.82) is 0 Å². The molecule has 0 aliphatic heterocycles. The van der Waals surface area contributed by atoms with E-state index in [1.54, 1.807) is 42.5 Å². The molecule has 0 spiro atoms. The second kappa shape index (κ2) is 9.92. The standard InChI is InChI=1S/C21H15Cl2N3O5/c22-15-6-5-14(18(23)9-15)12-31-20-4-2-1-3-13(20)11-24-25-21(28)17-10-16(26(29)30)7-8-19(17)27/h1-11,27H,12H2,(H,25,28)/b24-11-. The molecule has 158 valence electrons. The molecule has 0 heterocycles. The second-order valence-electron chi connectivity index (χ2n) is 6.22. The molecule has 8 nitrogen and oxygen atoms in total. The first-order valence-corrected chi connectivity index (χ1v) is 9.57. The van der Waals surface area contributed by atoms with Gasteiger partial charge in [-0.05, 0) is 30.3 Å². The third-order valence-corrected chi connectivity index (χ3v) is 4.71. The third-order valence-electron chi connectivity index (χ3n) is 4.12. The molecule has 0 saturated carbocycles. The number of non-ortho nitro benzene ring substituents is 1. The summed E-state index contributed by atoms with van der Waals surface area (Å²) in [6.07, 6.45) is 1.35. The fourth-order valence-corrected chi connectivity index (χ4v) is 3.02. The number of hydrazone groups is 1. The lowest BCUT2D eigenvalue weighted by Gasteiger charge is -2.10. The highest BCUT2D eigenvalue weighted by Crippen LogP contribution is 2.24. The van der Waals surface area contributed by atoms with Gasteiger partial charge in [0.05, 0.1) is 16.7 Å². The van der Waals surface area contributed by atoms with Gasteiger partial charge in [0.2, 0.25) is 0 Å². The molecule has 3 aromatic carbocycles. The van der Waals surface area contributed by atoms with Gasteiger partial charge in [-0.3, -0.25) is 14.9 Å². The predicted octanol–water partition coefficient (Wildman–Crippen LogP) is 4.95. The maximum absolute atomic E-state index is 12.2. The van der Waals surface area contributed by atoms with Gasteiger partial charge in [-0.1, -0.05) is 41.4 Å². The van der Waals surface area contributed by atoms with Crippen LogP contribution >= 0.6 is 23.2 Å². The maximum Gasteiger partial charge on any atom is 0.275 e. The molecule has 0 aliphatic rings. The van der Waals surface area contributed by atoms with E-state index < -0.39 is 16.6 Å². The van der Waals surface area contributed by atoms with Crippen LogP contribution in [0.15, 0.2) is 65.8 Å². The van der Waals surface area contributed by atoms with Crippen LogP contribution in [0.4, 0.5) is 5.69 Å². The van der Waals surface area contributed by atoms with Gasteiger partial charge in [-0.2, -0.15) is 5.10 Å². The van der Waals surface area contributed by atoms with E-state index in [2.05, 4.69) is 10.5 Å². The summed E-state index contributed by atoms with van der Waals surface area (Å²) in [7, 11) is 0. The normalized spacial score (nSPS) is 10.8. The second-order valence-corrected chi connectivity index (χ2v) is 7.06. The molecule has 31 heavy (non-hydrogen) atoms. The minimum atomic E-state index is -0.802. The Hall–Kier alpha value is -3.62. The van der Waals surface area contributed by atoms with E-state index in [0.29, 0.717) is 21.4 Å². The van der Waals surface area contributed by atoms with Crippen LogP contribution in [-0.2, 0) is 6.61 Å². The summed E-state index contributed by atoms with van der Waals surface area (Å²) in [6.45, 7) is 0.189. The van der Waals surface area contributed by atoms with Crippen molar-refractivity contribution in [3.05, 3.63) is 97.5 Å². The van der Waals surface area contributed by atoms with Crippen LogP contribution in [0.1, 0.15) is 21.5 Å². The molecular weight excluding hydrogens is 445 g/mol. The quantitative estimate of drug-likeness (QED) is 0.294. The highest BCUT2D eigenvalue weighted by Gasteiger charge is 2.16. The Morgan fingerprint density at radius 2 is 1.94 bits per heavy atom. The highest BCUT2D eigenvalue weighted by atomic mass is 35.5. The van der Waals surface area contributed by atoms with Crippen LogP contribution in [0.2, 0.25) is 10.0 Å². The lowest BCUT2D eigenvalue weighted by Crippen LogP contribution is -2.18. The number of nitro groups is 1. The Labute approximate surface area is 186 Å². The minimum absolute atomic E-state index is 0.189. The number of carbonyl (C=O) groups excluding carboxylic acids is 1. The number of carbonyl (C=O) groups is 1. The van der Waals surface area contributed by atoms with E-state index in [1.807, 2.05) is 0 Å². The number of ether oxygens (including phenoxy) is 1. The number of hydrogen-bond acceptors (Lipinski definition) is 6. The van der Waals surface area contributed by atoms with Crippen LogP contribution in [0.5, 0.6) is 11.5 Å². The number of phenolic OH excluding ortho intramolecular Hbond substituents is 1. The number of aromatic hydroxyl groups is 1. The molecule has 1 amide bonds. The van der Waals surface area contributed by atoms with Crippen molar-refractivity contribution < 1.29 is 19.6 Å². The first-order chi connectivity index (χ1) is 14.8. The molecular formula is C21H15Cl2N3O5. The van der Waals surface area contributed by atoms with Gasteiger partial charge >= 0.3 is 0 Å². The Balaban J connectivity index is 1.70. The van der Waals surface area contributed by atoms with Crippen molar-refractivity contribution in [3.8, 4) is 11.5 Å². The Morgan fingerprint density at radius 1 is 1.16 bits per heavy atom. The van der Waals surface area contributed by atoms with Crippen LogP contribution in [0.3, 0.4) is 0 Å². The van der Waals surface area contributed by atoms with Crippen molar-refractivity contribution in [1.82, 2.24) is 5.43 Å². The number of halogens is 2. The summed E-state index contributed by atoms with van der Waals surface area (Å²) in [5.41, 5.74) is 2.94. The van der Waals surface area contributed by atoms with Gasteiger partial charge in [-0.25, -0.2) is 5.43 Å². The lowest BCUT2D eigenvalue weighted by molar-refractivity contribution is -0.384. The molecule has 0 saturated heterocycles. The zero-order chi connectivity index (χ0) is 22.4. The van der Waals surface area contributed by atoms with E-state index in [4.69, 9.17) is 27.9 Å². The molecule has 0 fully saturated rings. The van der Waals surface area contributed by atoms with Crippen molar-refractivity contribution in [3.63, 3.8) is 0 Å². The number of para-hydroxylation sites is 1. The summed E-state index contributed by atoms with van der Waals surface area (Å²) >= 11 is 12.0. The number of rotatable bonds is 7. The molecule has 10 heteroatoms. The van der Waals surface area contributed by atoms with E-state index in [1.165, 1.54) is 6.21 Å². The van der Waals surface area contributed by atoms with Gasteiger partial charge in [0.1, 0.15) is 18.1 Å². The number of nitrogens with zero attached hydrogens (tertiary/aromatic N) is 2. The largest absolute Gasteiger partial charge is 0.507 e. The van der Waals surface area contributed by atoms with Crippen molar-refractivity contribution in [2.24, 2.45) is 5.10 Å². The molecule has 3 aromatic rings. The smallest absolute Gasteiger partial charge is 0.275 e. The van der Waals surface area contributed by atoms with Gasteiger partial charge < -0.3 is 9.84 Å². The van der Waals surface area contributed by atoms with Gasteiger partial charge in [0.25, 0.3) is 11.6 Å². The number of amides is 1. The molecule has 0 radical (unpaired) electrons. The third kappa shape index (κ3) is 5.71. The first-order valence-electron chi connectivity index (χ1n) is 8.81. The van der Waals surface area contributed by atoms with Crippen LogP contribution < -0.4 is 10.2 Å². The zero-order valence-electron chi connectivity index (χ0n) is 15.8. The van der Waals surface area contributed by atoms with Gasteiger partial charge in [0.15, 0.2) is 0 Å². The number of phenols is 1. The number of benzene rings is 3. The number of nitro benzene ring substituents is 1. The average molecular weight is 460 g/mol. The van der Waals surface area contributed by atoms with Crippen molar-refractivity contribution in [2.75, 3.05) is 0 Å². The molecule has 2 N–H and O–H groups in total.